The van der Waals surface area contributed by atoms with E-state index in [2.05, 4.69) is 0 Å². The summed E-state index contributed by atoms with van der Waals surface area (Å²) in [6, 6.07) is 0. The topological polar surface area (TPSA) is 40.5 Å². The summed E-state index contributed by atoms with van der Waals surface area (Å²) in [5, 5.41) is 8.37. The van der Waals surface area contributed by atoms with E-state index in [1.807, 2.05) is 0 Å². The molecule has 13 heavy (non-hydrogen) atoms. The normalized spacial score (nSPS) is 22.9. The number of piperidine rings is 1. The predicted octanol–water partition coefficient (Wildman–Crippen LogP) is 1.19. The zero-order valence-electron chi connectivity index (χ0n) is 7.30. The van der Waals surface area contributed by atoms with Gasteiger partial charge in [0.15, 0.2) is 0 Å². The van der Waals surface area contributed by atoms with Crippen molar-refractivity contribution in [1.29, 1.82) is 0 Å². The van der Waals surface area contributed by atoms with Crippen molar-refractivity contribution in [1.82, 2.24) is 4.90 Å². The van der Waals surface area contributed by atoms with Crippen LogP contribution in [0, 0.1) is 0 Å². The SMILES string of the molecule is O=C(O)CCN1CCC(F)(F)CC1. The largest absolute Gasteiger partial charge is 0.481 e. The van der Waals surface area contributed by atoms with Gasteiger partial charge in [0.1, 0.15) is 0 Å². The lowest BCUT2D eigenvalue weighted by Crippen LogP contribution is -2.40. The van der Waals surface area contributed by atoms with Gasteiger partial charge < -0.3 is 10.0 Å². The number of carbonyl (C=O) groups is 1. The Morgan fingerprint density at radius 1 is 1.38 bits per heavy atom. The number of aliphatic carboxylic acids is 1. The molecule has 0 aliphatic carbocycles. The average molecular weight is 193 g/mol. The van der Waals surface area contributed by atoms with Crippen molar-refractivity contribution >= 4 is 5.97 Å². The highest BCUT2D eigenvalue weighted by atomic mass is 19.3. The van der Waals surface area contributed by atoms with E-state index in [0.717, 1.165) is 0 Å². The first kappa shape index (κ1) is 10.4. The van der Waals surface area contributed by atoms with Gasteiger partial charge in [-0.15, -0.1) is 0 Å². The highest BCUT2D eigenvalue weighted by molar-refractivity contribution is 5.66. The van der Waals surface area contributed by atoms with Crippen LogP contribution in [0.15, 0.2) is 0 Å². The maximum absolute atomic E-state index is 12.6. The van der Waals surface area contributed by atoms with Gasteiger partial charge in [-0.3, -0.25) is 4.79 Å². The fourth-order valence-electron chi connectivity index (χ4n) is 1.36. The quantitative estimate of drug-likeness (QED) is 0.732. The summed E-state index contributed by atoms with van der Waals surface area (Å²) in [6.07, 6.45) is -0.259. The van der Waals surface area contributed by atoms with Gasteiger partial charge in [-0.1, -0.05) is 0 Å². The van der Waals surface area contributed by atoms with E-state index >= 15 is 0 Å². The molecule has 76 valence electrons. The van der Waals surface area contributed by atoms with Crippen LogP contribution in [0.25, 0.3) is 0 Å². The molecule has 3 nitrogen and oxygen atoms in total. The summed E-state index contributed by atoms with van der Waals surface area (Å²) in [6.45, 7) is 0.992. The second-order valence-corrected chi connectivity index (χ2v) is 3.34. The second-order valence-electron chi connectivity index (χ2n) is 3.34. The summed E-state index contributed by atoms with van der Waals surface area (Å²) >= 11 is 0. The minimum absolute atomic E-state index is 0.0333. The molecule has 0 spiro atoms. The lowest BCUT2D eigenvalue weighted by molar-refractivity contribution is -0.137. The van der Waals surface area contributed by atoms with Crippen LogP contribution in [-0.2, 0) is 4.79 Å². The summed E-state index contributed by atoms with van der Waals surface area (Å²) in [7, 11) is 0. The van der Waals surface area contributed by atoms with Crippen molar-refractivity contribution in [3.63, 3.8) is 0 Å². The molecule has 0 bridgehead atoms. The smallest absolute Gasteiger partial charge is 0.304 e. The van der Waals surface area contributed by atoms with E-state index in [-0.39, 0.29) is 19.3 Å². The Labute approximate surface area is 75.3 Å². The maximum atomic E-state index is 12.6. The molecular weight excluding hydrogens is 180 g/mol. The first-order chi connectivity index (χ1) is 5.99. The van der Waals surface area contributed by atoms with E-state index in [4.69, 9.17) is 5.11 Å². The monoisotopic (exact) mass is 193 g/mol. The standard InChI is InChI=1S/C8H13F2NO2/c9-8(10)2-5-11(6-3-8)4-1-7(12)13/h1-6H2,(H,12,13). The molecule has 0 aromatic rings. The zero-order valence-corrected chi connectivity index (χ0v) is 7.30. The van der Waals surface area contributed by atoms with Crippen molar-refractivity contribution < 1.29 is 18.7 Å². The van der Waals surface area contributed by atoms with Gasteiger partial charge >= 0.3 is 5.97 Å². The van der Waals surface area contributed by atoms with Gasteiger partial charge in [-0.05, 0) is 0 Å². The Hall–Kier alpha value is -0.710. The number of hydrogen-bond donors (Lipinski definition) is 1. The number of hydrogen-bond acceptors (Lipinski definition) is 2. The molecule has 0 atom stereocenters. The van der Waals surface area contributed by atoms with Crippen LogP contribution in [-0.4, -0.2) is 41.5 Å². The first-order valence-electron chi connectivity index (χ1n) is 4.32. The molecule has 1 aliphatic rings. The van der Waals surface area contributed by atoms with Crippen LogP contribution in [0.4, 0.5) is 8.78 Å². The molecule has 0 unspecified atom stereocenters. The zero-order chi connectivity index (χ0) is 9.90. The highest BCUT2D eigenvalue weighted by Gasteiger charge is 2.33. The fraction of sp³-hybridized carbons (Fsp3) is 0.875. The lowest BCUT2D eigenvalue weighted by Gasteiger charge is -2.31. The maximum Gasteiger partial charge on any atom is 0.304 e. The molecule has 0 saturated carbocycles. The third-order valence-corrected chi connectivity index (χ3v) is 2.23. The van der Waals surface area contributed by atoms with Crippen LogP contribution in [0.3, 0.4) is 0 Å². The van der Waals surface area contributed by atoms with Crippen LogP contribution in [0.5, 0.6) is 0 Å². The number of carboxylic acid groups (broad SMARTS) is 1. The molecule has 1 fully saturated rings. The Morgan fingerprint density at radius 2 is 1.92 bits per heavy atom. The van der Waals surface area contributed by atoms with Crippen LogP contribution in [0.2, 0.25) is 0 Å². The van der Waals surface area contributed by atoms with E-state index in [1.165, 1.54) is 0 Å². The van der Waals surface area contributed by atoms with Gasteiger partial charge in [-0.2, -0.15) is 0 Å². The molecule has 1 aliphatic heterocycles. The molecule has 1 saturated heterocycles. The van der Waals surface area contributed by atoms with Crippen LogP contribution < -0.4 is 0 Å². The molecular formula is C8H13F2NO2. The van der Waals surface area contributed by atoms with Crippen molar-refractivity contribution in [2.24, 2.45) is 0 Å². The van der Waals surface area contributed by atoms with Crippen LogP contribution >= 0.6 is 0 Å². The number of carboxylic acids is 1. The molecule has 1 heterocycles. The Kier molecular flexibility index (Phi) is 3.19. The van der Waals surface area contributed by atoms with Gasteiger partial charge in [-0.25, -0.2) is 8.78 Å². The van der Waals surface area contributed by atoms with Crippen molar-refractivity contribution in [3.05, 3.63) is 0 Å². The summed E-state index contributed by atoms with van der Waals surface area (Å²) in [5.41, 5.74) is 0. The number of alkyl halides is 2. The Balaban J connectivity index is 2.21. The molecule has 0 aromatic carbocycles. The summed E-state index contributed by atoms with van der Waals surface area (Å²) in [5.74, 6) is -3.42. The molecule has 0 radical (unpaired) electrons. The van der Waals surface area contributed by atoms with E-state index in [1.54, 1.807) is 4.90 Å². The Morgan fingerprint density at radius 3 is 2.38 bits per heavy atom. The molecule has 1 rings (SSSR count). The van der Waals surface area contributed by atoms with Gasteiger partial charge in [0, 0.05) is 32.5 Å². The number of nitrogens with zero attached hydrogens (tertiary/aromatic N) is 1. The molecule has 1 N–H and O–H groups in total. The van der Waals surface area contributed by atoms with Gasteiger partial charge in [0.25, 0.3) is 5.92 Å². The Bertz CT molecular complexity index is 187. The van der Waals surface area contributed by atoms with Gasteiger partial charge in [0.2, 0.25) is 0 Å². The predicted molar refractivity (Wildman–Crippen MR) is 42.9 cm³/mol. The first-order valence-corrected chi connectivity index (χ1v) is 4.32. The second kappa shape index (κ2) is 4.00. The minimum Gasteiger partial charge on any atom is -0.481 e. The van der Waals surface area contributed by atoms with E-state index in [9.17, 15) is 13.6 Å². The third-order valence-electron chi connectivity index (χ3n) is 2.23. The highest BCUT2D eigenvalue weighted by Crippen LogP contribution is 2.27. The molecule has 5 heteroatoms. The molecule has 0 amide bonds. The average Bonchev–Trinajstić information content (AvgIpc) is 2.02. The molecule has 0 aromatic heterocycles. The van der Waals surface area contributed by atoms with Crippen molar-refractivity contribution in [2.45, 2.75) is 25.2 Å². The minimum atomic E-state index is -2.54. The number of likely N-dealkylation sites (tertiary alicyclic amines) is 1. The van der Waals surface area contributed by atoms with E-state index in [0.29, 0.717) is 19.6 Å². The van der Waals surface area contributed by atoms with Gasteiger partial charge in [0.05, 0.1) is 6.42 Å². The van der Waals surface area contributed by atoms with Crippen molar-refractivity contribution in [3.8, 4) is 0 Å². The summed E-state index contributed by atoms with van der Waals surface area (Å²) < 4.78 is 25.3. The third kappa shape index (κ3) is 3.67. The van der Waals surface area contributed by atoms with E-state index < -0.39 is 11.9 Å². The fourth-order valence-corrected chi connectivity index (χ4v) is 1.36. The number of halogens is 2. The number of rotatable bonds is 3. The van der Waals surface area contributed by atoms with Crippen LogP contribution in [0.1, 0.15) is 19.3 Å². The lowest BCUT2D eigenvalue weighted by atomic mass is 10.1. The summed E-state index contributed by atoms with van der Waals surface area (Å²) in [4.78, 5) is 12.0. The van der Waals surface area contributed by atoms with Crippen molar-refractivity contribution in [2.75, 3.05) is 19.6 Å².